The molecule has 170 valence electrons. The topological polar surface area (TPSA) is 73.3 Å². The summed E-state index contributed by atoms with van der Waals surface area (Å²) in [4.78, 5) is 4.74. The molecule has 0 heterocycles. The summed E-state index contributed by atoms with van der Waals surface area (Å²) in [5.41, 5.74) is 2.08. The molecule has 2 aromatic carbocycles. The Morgan fingerprint density at radius 2 is 1.84 bits per heavy atom. The minimum Gasteiger partial charge on any atom is -0.497 e. The van der Waals surface area contributed by atoms with E-state index >= 15 is 0 Å². The van der Waals surface area contributed by atoms with Gasteiger partial charge in [-0.15, -0.1) is 0 Å². The van der Waals surface area contributed by atoms with Crippen molar-refractivity contribution in [3.05, 3.63) is 53.6 Å². The fraction of sp³-hybridized carbons (Fsp3) is 0.458. The molecule has 0 aliphatic rings. The van der Waals surface area contributed by atoms with Crippen molar-refractivity contribution < 1.29 is 18.9 Å². The zero-order valence-corrected chi connectivity index (χ0v) is 19.2. The Balaban J connectivity index is 2.07. The molecule has 7 nitrogen and oxygen atoms in total. The molecule has 0 saturated heterocycles. The van der Waals surface area contributed by atoms with E-state index in [-0.39, 0.29) is 6.04 Å². The first-order valence-electron chi connectivity index (χ1n) is 10.6. The van der Waals surface area contributed by atoms with Crippen LogP contribution in [0.5, 0.6) is 17.2 Å². The van der Waals surface area contributed by atoms with Crippen LogP contribution in [0.15, 0.2) is 47.5 Å². The molecule has 2 N–H and O–H groups in total. The van der Waals surface area contributed by atoms with E-state index < -0.39 is 0 Å². The van der Waals surface area contributed by atoms with Gasteiger partial charge < -0.3 is 29.6 Å². The monoisotopic (exact) mass is 429 g/mol. The second-order valence-electron chi connectivity index (χ2n) is 7.01. The smallest absolute Gasteiger partial charge is 0.192 e. The molecule has 0 fully saturated rings. The highest BCUT2D eigenvalue weighted by Gasteiger charge is 2.14. The Morgan fingerprint density at radius 3 is 2.55 bits per heavy atom. The van der Waals surface area contributed by atoms with Crippen LogP contribution in [0.1, 0.15) is 37.4 Å². The first-order valence-corrected chi connectivity index (χ1v) is 10.6. The summed E-state index contributed by atoms with van der Waals surface area (Å²) in [6.07, 6.45) is 0.860. The van der Waals surface area contributed by atoms with Crippen LogP contribution in [-0.4, -0.2) is 47.0 Å². The Morgan fingerprint density at radius 1 is 1.00 bits per heavy atom. The first kappa shape index (κ1) is 24.3. The number of nitrogens with one attached hydrogen (secondary N) is 2. The summed E-state index contributed by atoms with van der Waals surface area (Å²) in [7, 11) is 5.02. The maximum atomic E-state index is 5.79. The van der Waals surface area contributed by atoms with Crippen LogP contribution in [0.25, 0.3) is 0 Å². The number of aliphatic imine (C=N–C) groups is 1. The van der Waals surface area contributed by atoms with E-state index in [0.29, 0.717) is 19.8 Å². The third-order valence-electron chi connectivity index (χ3n) is 4.68. The number of nitrogens with zero attached hydrogens (tertiary/aromatic N) is 1. The third kappa shape index (κ3) is 8.02. The molecule has 0 saturated carbocycles. The number of hydrogen-bond donors (Lipinski definition) is 2. The number of hydrogen-bond acceptors (Lipinski definition) is 5. The lowest BCUT2D eigenvalue weighted by Crippen LogP contribution is -2.38. The van der Waals surface area contributed by atoms with Crippen molar-refractivity contribution in [3.63, 3.8) is 0 Å². The molecule has 0 spiro atoms. The van der Waals surface area contributed by atoms with Crippen LogP contribution in [0.3, 0.4) is 0 Å². The van der Waals surface area contributed by atoms with Crippen LogP contribution in [0.4, 0.5) is 0 Å². The van der Waals surface area contributed by atoms with Crippen molar-refractivity contribution in [2.75, 3.05) is 41.1 Å². The minimum atomic E-state index is -0.0293. The summed E-state index contributed by atoms with van der Waals surface area (Å²) in [5.74, 6) is 3.16. The summed E-state index contributed by atoms with van der Waals surface area (Å²) in [6.45, 7) is 6.73. The molecule has 7 heteroatoms. The second-order valence-corrected chi connectivity index (χ2v) is 7.01. The highest BCUT2D eigenvalue weighted by atomic mass is 16.5. The number of methoxy groups -OCH3 is 3. The molecule has 31 heavy (non-hydrogen) atoms. The molecule has 0 amide bonds. The summed E-state index contributed by atoms with van der Waals surface area (Å²) in [5, 5.41) is 6.76. The molecule has 2 rings (SSSR count). The standard InChI is InChI=1S/C24H35N3O4/c1-6-25-24(27-18(2)22-16-20(29-4)11-12-23(22)30-5)26-17-19-9-7-10-21(15-19)31-14-8-13-28-3/h7,9-12,15-16,18H,6,8,13-14,17H2,1-5H3,(H2,25,26,27). The Bertz CT molecular complexity index is 826. The van der Waals surface area contributed by atoms with Crippen LogP contribution >= 0.6 is 0 Å². The molecule has 1 unspecified atom stereocenters. The van der Waals surface area contributed by atoms with E-state index in [0.717, 1.165) is 47.3 Å². The van der Waals surface area contributed by atoms with Gasteiger partial charge in [0.05, 0.1) is 33.4 Å². The average Bonchev–Trinajstić information content (AvgIpc) is 2.80. The molecular formula is C24H35N3O4. The SMILES string of the molecule is CCNC(=NCc1cccc(OCCCOC)c1)NC(C)c1cc(OC)ccc1OC. The molecule has 0 radical (unpaired) electrons. The van der Waals surface area contributed by atoms with E-state index in [1.54, 1.807) is 21.3 Å². The van der Waals surface area contributed by atoms with E-state index in [4.69, 9.17) is 23.9 Å². The molecule has 1 atom stereocenters. The highest BCUT2D eigenvalue weighted by molar-refractivity contribution is 5.80. The summed E-state index contributed by atoms with van der Waals surface area (Å²) < 4.78 is 21.7. The summed E-state index contributed by atoms with van der Waals surface area (Å²) in [6, 6.07) is 13.8. The van der Waals surface area contributed by atoms with Gasteiger partial charge in [-0.05, 0) is 49.7 Å². The minimum absolute atomic E-state index is 0.0293. The first-order chi connectivity index (χ1) is 15.1. The molecule has 0 bridgehead atoms. The third-order valence-corrected chi connectivity index (χ3v) is 4.68. The number of ether oxygens (including phenoxy) is 4. The van der Waals surface area contributed by atoms with E-state index in [2.05, 4.69) is 17.6 Å². The van der Waals surface area contributed by atoms with Crippen molar-refractivity contribution in [2.45, 2.75) is 32.9 Å². The van der Waals surface area contributed by atoms with Gasteiger partial charge in [0, 0.05) is 32.2 Å². The lowest BCUT2D eigenvalue weighted by molar-refractivity contribution is 0.172. The quantitative estimate of drug-likeness (QED) is 0.303. The van der Waals surface area contributed by atoms with Crippen LogP contribution in [-0.2, 0) is 11.3 Å². The zero-order valence-electron chi connectivity index (χ0n) is 19.2. The zero-order chi connectivity index (χ0) is 22.5. The van der Waals surface area contributed by atoms with Crippen LogP contribution < -0.4 is 24.8 Å². The summed E-state index contributed by atoms with van der Waals surface area (Å²) >= 11 is 0. The van der Waals surface area contributed by atoms with Gasteiger partial charge in [-0.25, -0.2) is 4.99 Å². The van der Waals surface area contributed by atoms with Gasteiger partial charge in [0.15, 0.2) is 5.96 Å². The van der Waals surface area contributed by atoms with Gasteiger partial charge >= 0.3 is 0 Å². The molecule has 2 aromatic rings. The van der Waals surface area contributed by atoms with Gasteiger partial charge in [0.25, 0.3) is 0 Å². The van der Waals surface area contributed by atoms with Gasteiger partial charge in [-0.2, -0.15) is 0 Å². The van der Waals surface area contributed by atoms with Crippen LogP contribution in [0.2, 0.25) is 0 Å². The van der Waals surface area contributed by atoms with Gasteiger partial charge in [-0.3, -0.25) is 0 Å². The van der Waals surface area contributed by atoms with Gasteiger partial charge in [0.1, 0.15) is 17.2 Å². The maximum Gasteiger partial charge on any atom is 0.192 e. The predicted molar refractivity (Wildman–Crippen MR) is 124 cm³/mol. The van der Waals surface area contributed by atoms with Crippen molar-refractivity contribution in [2.24, 2.45) is 4.99 Å². The highest BCUT2D eigenvalue weighted by Crippen LogP contribution is 2.29. The lowest BCUT2D eigenvalue weighted by atomic mass is 10.1. The van der Waals surface area contributed by atoms with Gasteiger partial charge in [0.2, 0.25) is 0 Å². The van der Waals surface area contributed by atoms with Crippen molar-refractivity contribution in [3.8, 4) is 17.2 Å². The number of guanidine groups is 1. The molecular weight excluding hydrogens is 394 g/mol. The Kier molecular flexibility index (Phi) is 10.5. The number of rotatable bonds is 12. The van der Waals surface area contributed by atoms with E-state index in [1.807, 2.05) is 49.4 Å². The normalized spacial score (nSPS) is 12.2. The van der Waals surface area contributed by atoms with E-state index in [9.17, 15) is 0 Å². The predicted octanol–water partition coefficient (Wildman–Crippen LogP) is 3.94. The van der Waals surface area contributed by atoms with Gasteiger partial charge in [-0.1, -0.05) is 12.1 Å². The van der Waals surface area contributed by atoms with E-state index in [1.165, 1.54) is 0 Å². The van der Waals surface area contributed by atoms with Crippen molar-refractivity contribution in [1.82, 2.24) is 10.6 Å². The fourth-order valence-electron chi connectivity index (χ4n) is 3.08. The molecule has 0 aliphatic carbocycles. The number of benzene rings is 2. The largest absolute Gasteiger partial charge is 0.497 e. The Labute approximate surface area is 185 Å². The fourth-order valence-corrected chi connectivity index (χ4v) is 3.08. The van der Waals surface area contributed by atoms with Crippen molar-refractivity contribution >= 4 is 5.96 Å². The molecule has 0 aromatic heterocycles. The maximum absolute atomic E-state index is 5.79. The second kappa shape index (κ2) is 13.4. The molecule has 0 aliphatic heterocycles. The van der Waals surface area contributed by atoms with Crippen molar-refractivity contribution in [1.29, 1.82) is 0 Å². The van der Waals surface area contributed by atoms with Crippen LogP contribution in [0, 0.1) is 0 Å². The lowest BCUT2D eigenvalue weighted by Gasteiger charge is -2.21. The average molecular weight is 430 g/mol. The Hall–Kier alpha value is -2.93.